The summed E-state index contributed by atoms with van der Waals surface area (Å²) in [6.07, 6.45) is 2.03. The van der Waals surface area contributed by atoms with E-state index in [4.69, 9.17) is 9.84 Å². The van der Waals surface area contributed by atoms with Crippen LogP contribution in [-0.2, 0) is 6.54 Å². The van der Waals surface area contributed by atoms with Crippen LogP contribution in [0.25, 0.3) is 0 Å². The molecule has 3 N–H and O–H groups in total. The Morgan fingerprint density at radius 3 is 2.84 bits per heavy atom. The average molecular weight is 266 g/mol. The van der Waals surface area contributed by atoms with E-state index in [1.165, 1.54) is 0 Å². The number of para-hydroxylation sites is 1. The monoisotopic (exact) mass is 266 g/mol. The smallest absolute Gasteiger partial charge is 0.315 e. The lowest BCUT2D eigenvalue weighted by atomic mass is 10.2. The normalized spacial score (nSPS) is 10.0. The molecular weight excluding hydrogens is 244 g/mol. The summed E-state index contributed by atoms with van der Waals surface area (Å²) >= 11 is 0. The predicted octanol–water partition coefficient (Wildman–Crippen LogP) is 1.66. The molecule has 2 amide bonds. The van der Waals surface area contributed by atoms with Crippen LogP contribution in [0, 0.1) is 0 Å². The summed E-state index contributed by atoms with van der Waals surface area (Å²) in [6, 6.07) is 7.28. The molecule has 0 heterocycles. The summed E-state index contributed by atoms with van der Waals surface area (Å²) in [7, 11) is 0. The van der Waals surface area contributed by atoms with Crippen LogP contribution >= 0.6 is 0 Å². The molecule has 0 saturated carbocycles. The Bertz CT molecular complexity index is 383. The highest BCUT2D eigenvalue weighted by atomic mass is 16.5. The summed E-state index contributed by atoms with van der Waals surface area (Å²) in [4.78, 5) is 11.5. The van der Waals surface area contributed by atoms with Crippen molar-refractivity contribution in [2.45, 2.75) is 26.3 Å². The first-order valence-electron chi connectivity index (χ1n) is 6.61. The van der Waals surface area contributed by atoms with E-state index >= 15 is 0 Å². The van der Waals surface area contributed by atoms with Gasteiger partial charge in [-0.3, -0.25) is 0 Å². The van der Waals surface area contributed by atoms with Crippen LogP contribution in [0.15, 0.2) is 24.3 Å². The van der Waals surface area contributed by atoms with Crippen molar-refractivity contribution in [3.05, 3.63) is 29.8 Å². The second-order valence-corrected chi connectivity index (χ2v) is 4.14. The van der Waals surface area contributed by atoms with E-state index in [-0.39, 0.29) is 19.2 Å². The van der Waals surface area contributed by atoms with E-state index in [9.17, 15) is 4.79 Å². The minimum Gasteiger partial charge on any atom is -0.491 e. The van der Waals surface area contributed by atoms with Crippen molar-refractivity contribution in [2.24, 2.45) is 0 Å². The van der Waals surface area contributed by atoms with Crippen LogP contribution in [0.3, 0.4) is 0 Å². The Balaban J connectivity index is 2.41. The lowest BCUT2D eigenvalue weighted by Crippen LogP contribution is -2.35. The summed E-state index contributed by atoms with van der Waals surface area (Å²) in [5.74, 6) is 0.686. The number of aliphatic hydroxyl groups excluding tert-OH is 1. The number of ether oxygens (including phenoxy) is 1. The van der Waals surface area contributed by atoms with Crippen molar-refractivity contribution < 1.29 is 14.6 Å². The van der Waals surface area contributed by atoms with Crippen molar-refractivity contribution >= 4 is 6.03 Å². The molecule has 106 valence electrons. The number of carbonyl (C=O) groups excluding carboxylic acids is 1. The number of rotatable bonds is 8. The molecule has 1 aromatic rings. The first-order chi connectivity index (χ1) is 9.27. The zero-order chi connectivity index (χ0) is 13.9. The van der Waals surface area contributed by atoms with Crippen LogP contribution in [0.1, 0.15) is 25.3 Å². The maximum Gasteiger partial charge on any atom is 0.315 e. The van der Waals surface area contributed by atoms with Gasteiger partial charge in [0.05, 0.1) is 6.61 Å². The van der Waals surface area contributed by atoms with Crippen LogP contribution in [0.5, 0.6) is 5.75 Å². The van der Waals surface area contributed by atoms with Gasteiger partial charge in [-0.1, -0.05) is 31.5 Å². The summed E-state index contributed by atoms with van der Waals surface area (Å²) < 4.78 is 5.40. The SMILES string of the molecule is CCCCNC(=O)NCc1ccccc1OCCO. The third-order valence-electron chi connectivity index (χ3n) is 2.58. The summed E-state index contributed by atoms with van der Waals surface area (Å²) in [5.41, 5.74) is 0.890. The molecular formula is C14H22N2O3. The lowest BCUT2D eigenvalue weighted by Gasteiger charge is -2.12. The number of urea groups is 1. The number of nitrogens with one attached hydrogen (secondary N) is 2. The van der Waals surface area contributed by atoms with Crippen molar-refractivity contribution in [1.82, 2.24) is 10.6 Å². The highest BCUT2D eigenvalue weighted by molar-refractivity contribution is 5.73. The van der Waals surface area contributed by atoms with Gasteiger partial charge in [-0.15, -0.1) is 0 Å². The van der Waals surface area contributed by atoms with Gasteiger partial charge in [0.15, 0.2) is 0 Å². The molecule has 0 unspecified atom stereocenters. The van der Waals surface area contributed by atoms with E-state index in [1.807, 2.05) is 24.3 Å². The van der Waals surface area contributed by atoms with Crippen LogP contribution in [-0.4, -0.2) is 30.9 Å². The third kappa shape index (κ3) is 6.10. The van der Waals surface area contributed by atoms with Crippen LogP contribution in [0.4, 0.5) is 4.79 Å². The fourth-order valence-corrected chi connectivity index (χ4v) is 1.56. The standard InChI is InChI=1S/C14H22N2O3/c1-2-3-8-15-14(18)16-11-12-6-4-5-7-13(12)19-10-9-17/h4-7,17H,2-3,8-11H2,1H3,(H2,15,16,18). The molecule has 0 fully saturated rings. The van der Waals surface area contributed by atoms with E-state index in [0.29, 0.717) is 18.8 Å². The summed E-state index contributed by atoms with van der Waals surface area (Å²) in [5, 5.41) is 14.3. The van der Waals surface area contributed by atoms with Gasteiger partial charge >= 0.3 is 6.03 Å². The topological polar surface area (TPSA) is 70.6 Å². The average Bonchev–Trinajstić information content (AvgIpc) is 2.44. The fraction of sp³-hybridized carbons (Fsp3) is 0.500. The molecule has 0 atom stereocenters. The molecule has 5 nitrogen and oxygen atoms in total. The molecule has 5 heteroatoms. The maximum atomic E-state index is 11.5. The Labute approximate surface area is 114 Å². The zero-order valence-electron chi connectivity index (χ0n) is 11.3. The molecule has 0 saturated heterocycles. The van der Waals surface area contributed by atoms with Gasteiger partial charge in [0.25, 0.3) is 0 Å². The third-order valence-corrected chi connectivity index (χ3v) is 2.58. The second-order valence-electron chi connectivity index (χ2n) is 4.14. The Morgan fingerprint density at radius 2 is 2.11 bits per heavy atom. The van der Waals surface area contributed by atoms with E-state index in [0.717, 1.165) is 18.4 Å². The molecule has 0 aliphatic rings. The quantitative estimate of drug-likeness (QED) is 0.627. The first kappa shape index (κ1) is 15.3. The summed E-state index contributed by atoms with van der Waals surface area (Å²) in [6.45, 7) is 3.39. The molecule has 0 aliphatic carbocycles. The second kappa shape index (κ2) is 9.22. The number of benzene rings is 1. The van der Waals surface area contributed by atoms with Crippen molar-refractivity contribution in [3.8, 4) is 5.75 Å². The zero-order valence-corrected chi connectivity index (χ0v) is 11.3. The van der Waals surface area contributed by atoms with Gasteiger partial charge < -0.3 is 20.5 Å². The predicted molar refractivity (Wildman–Crippen MR) is 74.2 cm³/mol. The van der Waals surface area contributed by atoms with E-state index in [1.54, 1.807) is 0 Å². The fourth-order valence-electron chi connectivity index (χ4n) is 1.56. The largest absolute Gasteiger partial charge is 0.491 e. The number of carbonyl (C=O) groups is 1. The van der Waals surface area contributed by atoms with Gasteiger partial charge in [-0.05, 0) is 12.5 Å². The Hall–Kier alpha value is -1.75. The van der Waals surface area contributed by atoms with Gasteiger partial charge in [0.1, 0.15) is 12.4 Å². The molecule has 0 aromatic heterocycles. The van der Waals surface area contributed by atoms with Gasteiger partial charge in [0.2, 0.25) is 0 Å². The Kier molecular flexibility index (Phi) is 7.43. The lowest BCUT2D eigenvalue weighted by molar-refractivity contribution is 0.200. The highest BCUT2D eigenvalue weighted by Crippen LogP contribution is 2.17. The molecule has 0 aliphatic heterocycles. The minimum absolute atomic E-state index is 0.0285. The van der Waals surface area contributed by atoms with Gasteiger partial charge in [-0.2, -0.15) is 0 Å². The van der Waals surface area contributed by atoms with Crippen LogP contribution < -0.4 is 15.4 Å². The molecule has 19 heavy (non-hydrogen) atoms. The van der Waals surface area contributed by atoms with Crippen molar-refractivity contribution in [2.75, 3.05) is 19.8 Å². The van der Waals surface area contributed by atoms with Crippen molar-refractivity contribution in [1.29, 1.82) is 0 Å². The van der Waals surface area contributed by atoms with Gasteiger partial charge in [0, 0.05) is 18.7 Å². The number of amides is 2. The molecule has 0 radical (unpaired) electrons. The van der Waals surface area contributed by atoms with Crippen molar-refractivity contribution in [3.63, 3.8) is 0 Å². The van der Waals surface area contributed by atoms with Crippen LogP contribution in [0.2, 0.25) is 0 Å². The molecule has 1 aromatic carbocycles. The number of hydrogen-bond donors (Lipinski definition) is 3. The first-order valence-corrected chi connectivity index (χ1v) is 6.61. The number of unbranched alkanes of at least 4 members (excludes halogenated alkanes) is 1. The minimum atomic E-state index is -0.176. The van der Waals surface area contributed by atoms with Gasteiger partial charge in [-0.25, -0.2) is 4.79 Å². The molecule has 0 bridgehead atoms. The van der Waals surface area contributed by atoms with E-state index < -0.39 is 0 Å². The maximum absolute atomic E-state index is 11.5. The molecule has 1 rings (SSSR count). The molecule has 0 spiro atoms. The number of aliphatic hydroxyl groups is 1. The highest BCUT2D eigenvalue weighted by Gasteiger charge is 2.04. The Morgan fingerprint density at radius 1 is 1.32 bits per heavy atom. The van der Waals surface area contributed by atoms with E-state index in [2.05, 4.69) is 17.6 Å². The number of hydrogen-bond acceptors (Lipinski definition) is 3.